The average Bonchev–Trinajstić information content (AvgIpc) is 2.66. The molecule has 2 N–H and O–H groups in total. The molecule has 0 heterocycles. The molecule has 0 aromatic rings. The lowest BCUT2D eigenvalue weighted by Gasteiger charge is -2.30. The summed E-state index contributed by atoms with van der Waals surface area (Å²) in [5.74, 6) is -1.31. The zero-order valence-electron chi connectivity index (χ0n) is 16.4. The number of alkyl carbamates (subject to hydrolysis) is 1. The molecule has 2 aliphatic carbocycles. The first-order valence-corrected chi connectivity index (χ1v) is 10.2. The lowest BCUT2D eigenvalue weighted by molar-refractivity contribution is -0.182. The summed E-state index contributed by atoms with van der Waals surface area (Å²) in [6, 6.07) is 0. The topological polar surface area (TPSA) is 102 Å². The molecule has 7 heteroatoms. The third-order valence-corrected chi connectivity index (χ3v) is 5.69. The Morgan fingerprint density at radius 3 is 2.15 bits per heavy atom. The molecule has 2 aliphatic rings. The predicted octanol–water partition coefficient (Wildman–Crippen LogP) is 3.71. The van der Waals surface area contributed by atoms with Crippen LogP contribution in [0.2, 0.25) is 0 Å². The van der Waals surface area contributed by atoms with E-state index in [2.05, 4.69) is 5.32 Å². The maximum Gasteiger partial charge on any atom is 0.410 e. The molecular formula is C20H33NO6. The van der Waals surface area contributed by atoms with E-state index < -0.39 is 18.4 Å². The first-order chi connectivity index (χ1) is 12.9. The van der Waals surface area contributed by atoms with Gasteiger partial charge in [0.15, 0.2) is 0 Å². The van der Waals surface area contributed by atoms with E-state index in [9.17, 15) is 14.4 Å². The number of hydrogen-bond donors (Lipinski definition) is 2. The predicted molar refractivity (Wildman–Crippen MR) is 98.9 cm³/mol. The monoisotopic (exact) mass is 383 g/mol. The van der Waals surface area contributed by atoms with Gasteiger partial charge in [-0.15, -0.1) is 0 Å². The van der Waals surface area contributed by atoms with Crippen LogP contribution in [0.1, 0.15) is 71.6 Å². The third kappa shape index (κ3) is 7.03. The highest BCUT2D eigenvalue weighted by Crippen LogP contribution is 2.30. The maximum absolute atomic E-state index is 12.2. The molecule has 0 aliphatic heterocycles. The summed E-state index contributed by atoms with van der Waals surface area (Å²) in [4.78, 5) is 35.2. The van der Waals surface area contributed by atoms with E-state index in [4.69, 9.17) is 14.6 Å². The highest BCUT2D eigenvalue weighted by Gasteiger charge is 2.31. The van der Waals surface area contributed by atoms with Crippen LogP contribution in [0.15, 0.2) is 0 Å². The Labute approximate surface area is 161 Å². The van der Waals surface area contributed by atoms with Crippen molar-refractivity contribution in [3.63, 3.8) is 0 Å². The van der Waals surface area contributed by atoms with Crippen molar-refractivity contribution in [3.05, 3.63) is 0 Å². The Balaban J connectivity index is 1.80. The molecule has 0 radical (unpaired) electrons. The van der Waals surface area contributed by atoms with Gasteiger partial charge in [0.25, 0.3) is 6.29 Å². The molecule has 2 saturated carbocycles. The largest absolute Gasteiger partial charge is 0.481 e. The van der Waals surface area contributed by atoms with Gasteiger partial charge in [0.1, 0.15) is 0 Å². The number of ether oxygens (including phenoxy) is 2. The van der Waals surface area contributed by atoms with Gasteiger partial charge in [-0.2, -0.15) is 0 Å². The van der Waals surface area contributed by atoms with Gasteiger partial charge in [0, 0.05) is 12.5 Å². The van der Waals surface area contributed by atoms with Crippen LogP contribution in [-0.4, -0.2) is 36.0 Å². The van der Waals surface area contributed by atoms with Crippen LogP contribution in [-0.2, 0) is 19.1 Å². The maximum atomic E-state index is 12.2. The Bertz CT molecular complexity index is 507. The van der Waals surface area contributed by atoms with Crippen molar-refractivity contribution in [2.45, 2.75) is 77.9 Å². The standard InChI is InChI=1S/C20H33NO6/c1-13(2)18(24)26-19(16-6-4-3-5-7-16)27-20(25)21-12-14-8-10-15(11-9-14)17(22)23/h13-16,19H,3-12H2,1-2H3,(H,21,25)(H,22,23). The number of aliphatic carboxylic acids is 1. The number of nitrogens with one attached hydrogen (secondary N) is 1. The van der Waals surface area contributed by atoms with Crippen molar-refractivity contribution in [3.8, 4) is 0 Å². The summed E-state index contributed by atoms with van der Waals surface area (Å²) < 4.78 is 10.9. The minimum atomic E-state index is -0.831. The quantitative estimate of drug-likeness (QED) is 0.513. The van der Waals surface area contributed by atoms with Gasteiger partial charge in [0.2, 0.25) is 0 Å². The van der Waals surface area contributed by atoms with Crippen molar-refractivity contribution in [2.24, 2.45) is 23.7 Å². The van der Waals surface area contributed by atoms with Gasteiger partial charge in [-0.3, -0.25) is 9.59 Å². The van der Waals surface area contributed by atoms with Gasteiger partial charge in [-0.1, -0.05) is 33.1 Å². The van der Waals surface area contributed by atoms with Crippen molar-refractivity contribution >= 4 is 18.0 Å². The summed E-state index contributed by atoms with van der Waals surface area (Å²) in [6.07, 6.45) is 6.51. The van der Waals surface area contributed by atoms with Crippen LogP contribution in [0, 0.1) is 23.7 Å². The smallest absolute Gasteiger partial charge is 0.410 e. The molecule has 2 fully saturated rings. The molecule has 0 aromatic heterocycles. The third-order valence-electron chi connectivity index (χ3n) is 5.69. The number of carbonyl (C=O) groups is 3. The van der Waals surface area contributed by atoms with Crippen molar-refractivity contribution in [2.75, 3.05) is 6.54 Å². The Morgan fingerprint density at radius 1 is 0.963 bits per heavy atom. The molecule has 1 unspecified atom stereocenters. The summed E-state index contributed by atoms with van der Waals surface area (Å²) in [5, 5.41) is 11.8. The van der Waals surface area contributed by atoms with E-state index in [1.54, 1.807) is 13.8 Å². The lowest BCUT2D eigenvalue weighted by atomic mass is 9.82. The molecule has 0 saturated heterocycles. The van der Waals surface area contributed by atoms with E-state index in [0.29, 0.717) is 19.4 Å². The molecule has 1 atom stereocenters. The first-order valence-electron chi connectivity index (χ1n) is 10.2. The van der Waals surface area contributed by atoms with E-state index in [-0.39, 0.29) is 29.6 Å². The van der Waals surface area contributed by atoms with Gasteiger partial charge in [0.05, 0.1) is 11.8 Å². The van der Waals surface area contributed by atoms with E-state index in [1.165, 1.54) is 0 Å². The molecule has 0 aromatic carbocycles. The van der Waals surface area contributed by atoms with Crippen LogP contribution < -0.4 is 5.32 Å². The minimum Gasteiger partial charge on any atom is -0.481 e. The van der Waals surface area contributed by atoms with Crippen molar-refractivity contribution < 1.29 is 29.0 Å². The fourth-order valence-corrected chi connectivity index (χ4v) is 3.86. The number of carbonyl (C=O) groups excluding carboxylic acids is 2. The Kier molecular flexibility index (Phi) is 8.38. The molecule has 1 amide bonds. The fourth-order valence-electron chi connectivity index (χ4n) is 3.86. The van der Waals surface area contributed by atoms with Crippen molar-refractivity contribution in [1.29, 1.82) is 0 Å². The normalized spacial score (nSPS) is 24.9. The molecule has 0 spiro atoms. The SMILES string of the molecule is CC(C)C(=O)OC(OC(=O)NCC1CCC(C(=O)O)CC1)C1CCCCC1. The summed E-state index contributed by atoms with van der Waals surface area (Å²) in [6.45, 7) is 3.97. The van der Waals surface area contributed by atoms with Gasteiger partial charge >= 0.3 is 18.0 Å². The number of carboxylic acid groups (broad SMARTS) is 1. The molecule has 2 rings (SSSR count). The van der Waals surface area contributed by atoms with E-state index in [1.807, 2.05) is 0 Å². The number of carboxylic acids is 1. The van der Waals surface area contributed by atoms with Crippen LogP contribution in [0.3, 0.4) is 0 Å². The Morgan fingerprint density at radius 2 is 1.59 bits per heavy atom. The second-order valence-electron chi connectivity index (χ2n) is 8.20. The van der Waals surface area contributed by atoms with Crippen molar-refractivity contribution in [1.82, 2.24) is 5.32 Å². The highest BCUT2D eigenvalue weighted by molar-refractivity contribution is 5.72. The zero-order valence-corrected chi connectivity index (χ0v) is 16.4. The second-order valence-corrected chi connectivity index (χ2v) is 8.20. The minimum absolute atomic E-state index is 0.0539. The number of amides is 1. The second kappa shape index (κ2) is 10.5. The molecule has 154 valence electrons. The van der Waals surface area contributed by atoms with Crippen LogP contribution in [0.25, 0.3) is 0 Å². The molecule has 7 nitrogen and oxygen atoms in total. The molecule has 0 bridgehead atoms. The fraction of sp³-hybridized carbons (Fsp3) is 0.850. The molecular weight excluding hydrogens is 350 g/mol. The lowest BCUT2D eigenvalue weighted by Crippen LogP contribution is -2.39. The van der Waals surface area contributed by atoms with Crippen LogP contribution in [0.4, 0.5) is 4.79 Å². The Hall–Kier alpha value is -1.79. The van der Waals surface area contributed by atoms with Gasteiger partial charge < -0.3 is 19.9 Å². The number of esters is 1. The van der Waals surface area contributed by atoms with Gasteiger partial charge in [-0.05, 0) is 44.4 Å². The zero-order chi connectivity index (χ0) is 19.8. The average molecular weight is 383 g/mol. The molecule has 27 heavy (non-hydrogen) atoms. The summed E-state index contributed by atoms with van der Waals surface area (Å²) in [5.41, 5.74) is 0. The number of hydrogen-bond acceptors (Lipinski definition) is 5. The van der Waals surface area contributed by atoms with E-state index >= 15 is 0 Å². The van der Waals surface area contributed by atoms with E-state index in [0.717, 1.165) is 44.9 Å². The van der Waals surface area contributed by atoms with Crippen LogP contribution >= 0.6 is 0 Å². The van der Waals surface area contributed by atoms with Gasteiger partial charge in [-0.25, -0.2) is 4.79 Å². The highest BCUT2D eigenvalue weighted by atomic mass is 16.7. The van der Waals surface area contributed by atoms with Crippen LogP contribution in [0.5, 0.6) is 0 Å². The number of rotatable bonds is 7. The first kappa shape index (κ1) is 21.5. The summed E-state index contributed by atoms with van der Waals surface area (Å²) in [7, 11) is 0. The summed E-state index contributed by atoms with van der Waals surface area (Å²) >= 11 is 0.